The smallest absolute Gasteiger partial charge is 0.0270 e. The predicted octanol–water partition coefficient (Wildman–Crippen LogP) is 6.98. The van der Waals surface area contributed by atoms with E-state index in [1.165, 1.54) is 66.3 Å². The van der Waals surface area contributed by atoms with Crippen molar-refractivity contribution >= 4 is 6.08 Å². The monoisotopic (exact) mass is 367 g/mol. The zero-order chi connectivity index (χ0) is 19.2. The second-order valence-corrected chi connectivity index (χ2v) is 8.18. The Morgan fingerprint density at radius 2 is 1.36 bits per heavy atom. The highest BCUT2D eigenvalue weighted by molar-refractivity contribution is 5.67. The highest BCUT2D eigenvalue weighted by atomic mass is 14.6. The van der Waals surface area contributed by atoms with Crippen LogP contribution in [-0.2, 0) is 12.8 Å². The Labute approximate surface area is 169 Å². The van der Waals surface area contributed by atoms with E-state index in [0.717, 1.165) is 11.8 Å². The van der Waals surface area contributed by atoms with Gasteiger partial charge in [0, 0.05) is 12.4 Å². The predicted molar refractivity (Wildman–Crippen MR) is 119 cm³/mol. The molecule has 0 amide bonds. The minimum absolute atomic E-state index is 0.837. The molecule has 0 bridgehead atoms. The summed E-state index contributed by atoms with van der Waals surface area (Å²) >= 11 is 0. The van der Waals surface area contributed by atoms with E-state index in [1.54, 1.807) is 0 Å². The maximum absolute atomic E-state index is 4.13. The van der Waals surface area contributed by atoms with Gasteiger partial charge in [-0.25, -0.2) is 0 Å². The molecule has 142 valence electrons. The third kappa shape index (κ3) is 4.78. The van der Waals surface area contributed by atoms with Crippen molar-refractivity contribution in [2.45, 2.75) is 38.5 Å². The van der Waals surface area contributed by atoms with Crippen molar-refractivity contribution in [1.29, 1.82) is 0 Å². The standard InChI is InChI=1S/C27H29N/c1-2-21-4-3-5-27(20-21)26-12-10-24(11-13-26)18-22-6-8-23(9-7-22)19-25-14-16-28-17-15-25/h2-5,10-17,20,22-23H,1,6-9,18-19H2. The molecule has 1 fully saturated rings. The topological polar surface area (TPSA) is 12.9 Å². The summed E-state index contributed by atoms with van der Waals surface area (Å²) < 4.78 is 0. The molecule has 1 nitrogen and oxygen atoms in total. The lowest BCUT2D eigenvalue weighted by molar-refractivity contribution is 0.272. The Bertz CT molecular complexity index is 887. The molecule has 0 radical (unpaired) electrons. The molecule has 1 aliphatic rings. The Morgan fingerprint density at radius 3 is 1.96 bits per heavy atom. The number of benzene rings is 2. The van der Waals surface area contributed by atoms with Gasteiger partial charge >= 0.3 is 0 Å². The zero-order valence-corrected chi connectivity index (χ0v) is 16.6. The minimum atomic E-state index is 0.837. The average Bonchev–Trinajstić information content (AvgIpc) is 2.76. The van der Waals surface area contributed by atoms with Crippen LogP contribution >= 0.6 is 0 Å². The number of hydrogen-bond donors (Lipinski definition) is 0. The van der Waals surface area contributed by atoms with Crippen LogP contribution in [0.1, 0.15) is 42.4 Å². The zero-order valence-electron chi connectivity index (χ0n) is 16.6. The van der Waals surface area contributed by atoms with E-state index in [2.05, 4.69) is 72.2 Å². The summed E-state index contributed by atoms with van der Waals surface area (Å²) in [5.74, 6) is 1.68. The van der Waals surface area contributed by atoms with Crippen LogP contribution in [0, 0.1) is 11.8 Å². The van der Waals surface area contributed by atoms with E-state index in [4.69, 9.17) is 0 Å². The van der Waals surface area contributed by atoms with Gasteiger partial charge in [-0.2, -0.15) is 0 Å². The summed E-state index contributed by atoms with van der Waals surface area (Å²) in [6.07, 6.45) is 13.6. The fourth-order valence-electron chi connectivity index (χ4n) is 4.50. The van der Waals surface area contributed by atoms with Gasteiger partial charge in [-0.1, -0.05) is 55.1 Å². The van der Waals surface area contributed by atoms with Crippen molar-refractivity contribution in [2.24, 2.45) is 11.8 Å². The highest BCUT2D eigenvalue weighted by Gasteiger charge is 2.21. The minimum Gasteiger partial charge on any atom is -0.265 e. The van der Waals surface area contributed by atoms with Crippen LogP contribution < -0.4 is 0 Å². The SMILES string of the molecule is C=Cc1cccc(-c2ccc(CC3CCC(Cc4ccncc4)CC3)cc2)c1. The van der Waals surface area contributed by atoms with E-state index >= 15 is 0 Å². The lowest BCUT2D eigenvalue weighted by Crippen LogP contribution is -2.18. The Kier molecular flexibility index (Phi) is 6.01. The number of aromatic nitrogens is 1. The Hall–Kier alpha value is -2.67. The van der Waals surface area contributed by atoms with Crippen LogP contribution in [0.25, 0.3) is 17.2 Å². The van der Waals surface area contributed by atoms with Gasteiger partial charge in [0.15, 0.2) is 0 Å². The van der Waals surface area contributed by atoms with E-state index in [-0.39, 0.29) is 0 Å². The van der Waals surface area contributed by atoms with Crippen molar-refractivity contribution in [3.63, 3.8) is 0 Å². The average molecular weight is 368 g/mol. The van der Waals surface area contributed by atoms with Crippen molar-refractivity contribution in [1.82, 2.24) is 4.98 Å². The number of pyridine rings is 1. The molecule has 0 aliphatic heterocycles. The van der Waals surface area contributed by atoms with Gasteiger partial charge in [-0.3, -0.25) is 4.98 Å². The maximum Gasteiger partial charge on any atom is 0.0270 e. The molecule has 1 aliphatic carbocycles. The summed E-state index contributed by atoms with van der Waals surface area (Å²) in [7, 11) is 0. The van der Waals surface area contributed by atoms with Gasteiger partial charge in [-0.05, 0) is 96.4 Å². The first kappa shape index (κ1) is 18.7. The van der Waals surface area contributed by atoms with Crippen molar-refractivity contribution < 1.29 is 0 Å². The highest BCUT2D eigenvalue weighted by Crippen LogP contribution is 2.33. The van der Waals surface area contributed by atoms with Gasteiger partial charge in [0.25, 0.3) is 0 Å². The summed E-state index contributed by atoms with van der Waals surface area (Å²) in [6, 6.07) is 22.1. The summed E-state index contributed by atoms with van der Waals surface area (Å²) in [6.45, 7) is 3.87. The molecule has 3 aromatic rings. The number of hydrogen-bond acceptors (Lipinski definition) is 1. The maximum atomic E-state index is 4.13. The molecule has 2 aromatic carbocycles. The van der Waals surface area contributed by atoms with Gasteiger partial charge < -0.3 is 0 Å². The van der Waals surface area contributed by atoms with Gasteiger partial charge in [0.1, 0.15) is 0 Å². The second kappa shape index (κ2) is 9.01. The Balaban J connectivity index is 1.31. The second-order valence-electron chi connectivity index (χ2n) is 8.18. The third-order valence-electron chi connectivity index (χ3n) is 6.17. The molecular formula is C27H29N. The summed E-state index contributed by atoms with van der Waals surface area (Å²) in [5.41, 5.74) is 6.63. The molecule has 0 spiro atoms. The van der Waals surface area contributed by atoms with E-state index in [1.807, 2.05) is 18.5 Å². The molecule has 1 saturated carbocycles. The van der Waals surface area contributed by atoms with E-state index in [9.17, 15) is 0 Å². The first-order chi connectivity index (χ1) is 13.8. The van der Waals surface area contributed by atoms with Crippen LogP contribution in [-0.4, -0.2) is 4.98 Å². The molecular weight excluding hydrogens is 338 g/mol. The fourth-order valence-corrected chi connectivity index (χ4v) is 4.50. The molecule has 4 rings (SSSR count). The van der Waals surface area contributed by atoms with Gasteiger partial charge in [0.2, 0.25) is 0 Å². The third-order valence-corrected chi connectivity index (χ3v) is 6.17. The van der Waals surface area contributed by atoms with Crippen LogP contribution in [0.2, 0.25) is 0 Å². The van der Waals surface area contributed by atoms with Crippen LogP contribution in [0.5, 0.6) is 0 Å². The van der Waals surface area contributed by atoms with Crippen molar-refractivity contribution in [3.05, 3.63) is 96.3 Å². The molecule has 0 N–H and O–H groups in total. The molecule has 1 heterocycles. The molecule has 28 heavy (non-hydrogen) atoms. The molecule has 1 heteroatoms. The van der Waals surface area contributed by atoms with Gasteiger partial charge in [-0.15, -0.1) is 0 Å². The lowest BCUT2D eigenvalue weighted by atomic mass is 9.77. The quantitative estimate of drug-likeness (QED) is 0.458. The van der Waals surface area contributed by atoms with Crippen LogP contribution in [0.3, 0.4) is 0 Å². The molecule has 0 unspecified atom stereocenters. The molecule has 0 atom stereocenters. The van der Waals surface area contributed by atoms with Crippen molar-refractivity contribution in [3.8, 4) is 11.1 Å². The van der Waals surface area contributed by atoms with E-state index in [0.29, 0.717) is 0 Å². The first-order valence-electron chi connectivity index (χ1n) is 10.5. The fraction of sp³-hybridized carbons (Fsp3) is 0.296. The first-order valence-corrected chi connectivity index (χ1v) is 10.5. The van der Waals surface area contributed by atoms with Gasteiger partial charge in [0.05, 0.1) is 0 Å². The van der Waals surface area contributed by atoms with Crippen molar-refractivity contribution in [2.75, 3.05) is 0 Å². The normalized spacial score (nSPS) is 19.3. The number of rotatable bonds is 6. The van der Waals surface area contributed by atoms with Crippen LogP contribution in [0.15, 0.2) is 79.6 Å². The van der Waals surface area contributed by atoms with E-state index < -0.39 is 0 Å². The molecule has 1 aromatic heterocycles. The summed E-state index contributed by atoms with van der Waals surface area (Å²) in [4.78, 5) is 4.13. The van der Waals surface area contributed by atoms with Crippen LogP contribution in [0.4, 0.5) is 0 Å². The largest absolute Gasteiger partial charge is 0.265 e. The lowest BCUT2D eigenvalue weighted by Gasteiger charge is -2.28. The molecule has 0 saturated heterocycles. The number of nitrogens with zero attached hydrogens (tertiary/aromatic N) is 1. The Morgan fingerprint density at radius 1 is 0.750 bits per heavy atom. The summed E-state index contributed by atoms with van der Waals surface area (Å²) in [5, 5.41) is 0.